The molecule has 33 heavy (non-hydrogen) atoms. The van der Waals surface area contributed by atoms with Gasteiger partial charge in [-0.05, 0) is 48.6 Å². The van der Waals surface area contributed by atoms with Crippen LogP contribution in [0.5, 0.6) is 0 Å². The number of benzene rings is 1. The molecule has 0 spiro atoms. The second-order valence-electron chi connectivity index (χ2n) is 8.54. The maximum atomic E-state index is 12.4. The zero-order valence-electron chi connectivity index (χ0n) is 18.8. The second-order valence-corrected chi connectivity index (χ2v) is 8.54. The maximum absolute atomic E-state index is 12.4. The molecule has 1 aromatic heterocycles. The quantitative estimate of drug-likeness (QED) is 0.452. The van der Waals surface area contributed by atoms with Crippen molar-refractivity contribution in [3.63, 3.8) is 0 Å². The molecule has 0 atom stereocenters. The lowest BCUT2D eigenvalue weighted by Gasteiger charge is -2.31. The monoisotopic (exact) mass is 458 g/mol. The van der Waals surface area contributed by atoms with E-state index in [1.54, 1.807) is 31.3 Å². The molecule has 0 aliphatic carbocycles. The van der Waals surface area contributed by atoms with E-state index in [-0.39, 0.29) is 23.4 Å². The lowest BCUT2D eigenvalue weighted by Crippen LogP contribution is -2.38. The lowest BCUT2D eigenvalue weighted by atomic mass is 9.97. The highest BCUT2D eigenvalue weighted by atomic mass is 16.2. The Bertz CT molecular complexity index is 1050. The third-order valence-electron chi connectivity index (χ3n) is 6.12. The van der Waals surface area contributed by atoms with Crippen LogP contribution in [-0.4, -0.2) is 60.3 Å². The topological polar surface area (TPSA) is 115 Å². The van der Waals surface area contributed by atoms with E-state index in [1.807, 2.05) is 17.0 Å². The number of hydrogen-bond donors (Lipinski definition) is 4. The molecule has 3 amide bonds. The number of rotatable bonds is 8. The van der Waals surface area contributed by atoms with Crippen LogP contribution >= 0.6 is 0 Å². The van der Waals surface area contributed by atoms with Crippen LogP contribution in [0.3, 0.4) is 0 Å². The summed E-state index contributed by atoms with van der Waals surface area (Å²) in [7, 11) is 0. The number of nitrogens with zero attached hydrogens (tertiary/aromatic N) is 2. The number of pyridine rings is 1. The second kappa shape index (κ2) is 10.3. The van der Waals surface area contributed by atoms with Gasteiger partial charge < -0.3 is 26.2 Å². The number of nitrogens with one attached hydrogen (secondary N) is 4. The fourth-order valence-electron chi connectivity index (χ4n) is 4.19. The smallest absolute Gasteiger partial charge is 0.251 e. The molecule has 1 fully saturated rings. The highest BCUT2D eigenvalue weighted by molar-refractivity contribution is 6.01. The van der Waals surface area contributed by atoms with Crippen molar-refractivity contribution in [2.24, 2.45) is 5.92 Å². The first-order valence-electron chi connectivity index (χ1n) is 11.4. The molecule has 2 aromatic rings. The number of fused-ring (bicyclic) bond motifs is 1. The number of piperidine rings is 1. The molecular formula is C24H38N6O3. The van der Waals surface area contributed by atoms with E-state index in [2.05, 4.69) is 26.3 Å². The predicted octanol–water partition coefficient (Wildman–Crippen LogP) is 3.07. The van der Waals surface area contributed by atoms with Crippen LogP contribution in [0.25, 0.3) is 0 Å². The normalized spacial score (nSPS) is 15.5. The highest BCUT2D eigenvalue weighted by Gasteiger charge is 2.21. The molecule has 0 saturated carbocycles. The molecule has 182 valence electrons. The van der Waals surface area contributed by atoms with Crippen molar-refractivity contribution < 1.29 is 20.1 Å². The summed E-state index contributed by atoms with van der Waals surface area (Å²) in [6, 6.07) is 9.10. The van der Waals surface area contributed by atoms with Gasteiger partial charge in [0.25, 0.3) is 5.91 Å². The van der Waals surface area contributed by atoms with Gasteiger partial charge >= 0.3 is 0 Å². The third kappa shape index (κ3) is 6.00. The summed E-state index contributed by atoms with van der Waals surface area (Å²) >= 11 is 0. The van der Waals surface area contributed by atoms with E-state index in [4.69, 9.17) is 0 Å². The third-order valence-corrected chi connectivity index (χ3v) is 6.12. The van der Waals surface area contributed by atoms with Crippen LogP contribution in [0, 0.1) is 5.92 Å². The summed E-state index contributed by atoms with van der Waals surface area (Å²) in [6.07, 6.45) is 4.07. The molecule has 2 aliphatic heterocycles. The van der Waals surface area contributed by atoms with Crippen molar-refractivity contribution in [1.82, 2.24) is 15.2 Å². The molecular weight excluding hydrogens is 420 g/mol. The Morgan fingerprint density at radius 1 is 1.15 bits per heavy atom. The van der Waals surface area contributed by atoms with Gasteiger partial charge in [0.1, 0.15) is 5.82 Å². The van der Waals surface area contributed by atoms with Crippen LogP contribution in [0.1, 0.15) is 41.4 Å². The zero-order valence-corrected chi connectivity index (χ0v) is 18.8. The molecule has 0 radical (unpaired) electrons. The number of aromatic nitrogens is 1. The largest absolute Gasteiger partial charge is 0.383 e. The highest BCUT2D eigenvalue weighted by Crippen LogP contribution is 2.24. The van der Waals surface area contributed by atoms with Gasteiger partial charge in [0.05, 0.1) is 6.42 Å². The number of likely N-dealkylation sites (tertiary alicyclic amines) is 1. The van der Waals surface area contributed by atoms with Gasteiger partial charge in [-0.3, -0.25) is 14.4 Å². The van der Waals surface area contributed by atoms with Crippen LogP contribution in [0.4, 0.5) is 17.2 Å². The number of carbonyl (C=O) groups excluding carboxylic acids is 3. The van der Waals surface area contributed by atoms with E-state index in [0.717, 1.165) is 55.2 Å². The first-order chi connectivity index (χ1) is 16.0. The maximum Gasteiger partial charge on any atom is 0.251 e. The SMILES string of the molecule is CC(=O)N1CCC(CNc2cc(NCCNC(=O)c3ccc4c(c3)CC(=O)N4)ccn2)CC1.[HH].[HH].[HH].[HH]. The number of carbonyl (C=O) groups is 3. The van der Waals surface area contributed by atoms with Gasteiger partial charge in [-0.15, -0.1) is 0 Å². The average molecular weight is 459 g/mol. The first kappa shape index (κ1) is 22.6. The average Bonchev–Trinajstić information content (AvgIpc) is 3.20. The van der Waals surface area contributed by atoms with Crippen molar-refractivity contribution in [2.75, 3.05) is 48.7 Å². The summed E-state index contributed by atoms with van der Waals surface area (Å²) in [5, 5.41) is 12.4. The lowest BCUT2D eigenvalue weighted by molar-refractivity contribution is -0.130. The molecule has 0 bridgehead atoms. The van der Waals surface area contributed by atoms with Crippen molar-refractivity contribution in [3.05, 3.63) is 47.7 Å². The van der Waals surface area contributed by atoms with Gasteiger partial charge in [-0.25, -0.2) is 4.98 Å². The van der Waals surface area contributed by atoms with Gasteiger partial charge in [0.15, 0.2) is 0 Å². The number of hydrogen-bond acceptors (Lipinski definition) is 6. The molecule has 9 nitrogen and oxygen atoms in total. The molecule has 0 unspecified atom stereocenters. The molecule has 4 N–H and O–H groups in total. The molecule has 3 heterocycles. The van der Waals surface area contributed by atoms with Crippen molar-refractivity contribution in [3.8, 4) is 0 Å². The van der Waals surface area contributed by atoms with Gasteiger partial charge in [-0.2, -0.15) is 0 Å². The summed E-state index contributed by atoms with van der Waals surface area (Å²) in [6.45, 7) is 5.14. The molecule has 2 aliphatic rings. The minimum absolute atomic E-state index is 0. The Labute approximate surface area is 199 Å². The molecule has 4 rings (SSSR count). The minimum atomic E-state index is -0.160. The minimum Gasteiger partial charge on any atom is -0.383 e. The molecule has 9 heteroatoms. The standard InChI is InChI=1S/C24H30N6O3.4H2/c1-16(31)30-10-5-17(6-11-30)15-28-22-14-20(4-7-26-22)25-8-9-27-24(33)18-2-3-21-19(12-18)13-23(32)29-21;;;;/h2-4,7,12,14,17H,5-6,8-11,13,15H2,1H3,(H,27,33)(H,29,32)(H2,25,26,28);4*1H. The van der Waals surface area contributed by atoms with E-state index >= 15 is 0 Å². The fraction of sp³-hybridized carbons (Fsp3) is 0.417. The summed E-state index contributed by atoms with van der Waals surface area (Å²) < 4.78 is 0. The van der Waals surface area contributed by atoms with Crippen LogP contribution < -0.4 is 21.3 Å². The van der Waals surface area contributed by atoms with Crippen LogP contribution in [-0.2, 0) is 16.0 Å². The molecule has 1 saturated heterocycles. The summed E-state index contributed by atoms with van der Waals surface area (Å²) in [5.74, 6) is 1.28. The van der Waals surface area contributed by atoms with E-state index in [1.165, 1.54) is 0 Å². The first-order valence-corrected chi connectivity index (χ1v) is 11.4. The summed E-state index contributed by atoms with van der Waals surface area (Å²) in [5.41, 5.74) is 3.11. The van der Waals surface area contributed by atoms with E-state index < -0.39 is 0 Å². The van der Waals surface area contributed by atoms with Crippen molar-refractivity contribution >= 4 is 34.9 Å². The van der Waals surface area contributed by atoms with Gasteiger partial charge in [0.2, 0.25) is 11.8 Å². The Balaban J connectivity index is 0.00000324. The van der Waals surface area contributed by atoms with E-state index in [0.29, 0.717) is 31.0 Å². The number of anilines is 3. The van der Waals surface area contributed by atoms with Crippen LogP contribution in [0.2, 0.25) is 0 Å². The van der Waals surface area contributed by atoms with Gasteiger partial charge in [-0.1, -0.05) is 0 Å². The predicted molar refractivity (Wildman–Crippen MR) is 136 cm³/mol. The Hall–Kier alpha value is -3.62. The summed E-state index contributed by atoms with van der Waals surface area (Å²) in [4.78, 5) is 41.6. The van der Waals surface area contributed by atoms with Gasteiger partial charge in [0, 0.05) is 74.6 Å². The van der Waals surface area contributed by atoms with Crippen molar-refractivity contribution in [1.29, 1.82) is 0 Å². The Morgan fingerprint density at radius 3 is 2.76 bits per heavy atom. The van der Waals surface area contributed by atoms with Crippen LogP contribution in [0.15, 0.2) is 36.5 Å². The number of amides is 3. The zero-order chi connectivity index (χ0) is 23.2. The van der Waals surface area contributed by atoms with E-state index in [9.17, 15) is 14.4 Å². The fourth-order valence-corrected chi connectivity index (χ4v) is 4.19. The Morgan fingerprint density at radius 2 is 1.97 bits per heavy atom. The van der Waals surface area contributed by atoms with Crippen molar-refractivity contribution in [2.45, 2.75) is 26.2 Å². The Kier molecular flexibility index (Phi) is 7.07. The molecule has 1 aromatic carbocycles.